The van der Waals surface area contributed by atoms with Crippen molar-refractivity contribution in [3.8, 4) is 34.7 Å². The molecule has 0 saturated carbocycles. The van der Waals surface area contributed by atoms with E-state index >= 15 is 0 Å². The van der Waals surface area contributed by atoms with E-state index in [1.165, 1.54) is 0 Å². The number of benzene rings is 3. The molecule has 0 unspecified atom stereocenters. The SMILES string of the molecule is OCCCCCC#Cc1ccc(-c2ccc(OCc3ccccc3)nc2OCc2ccccc2)cc1. The Labute approximate surface area is 213 Å². The highest BCUT2D eigenvalue weighted by Gasteiger charge is 2.11. The number of aliphatic hydroxyl groups excluding tert-OH is 1. The molecule has 0 radical (unpaired) electrons. The number of aliphatic hydroxyl groups is 1. The van der Waals surface area contributed by atoms with Crippen molar-refractivity contribution in [2.75, 3.05) is 6.61 Å². The summed E-state index contributed by atoms with van der Waals surface area (Å²) in [4.78, 5) is 4.70. The molecule has 0 aliphatic heterocycles. The third-order valence-electron chi connectivity index (χ3n) is 5.67. The lowest BCUT2D eigenvalue weighted by molar-refractivity contribution is 0.268. The van der Waals surface area contributed by atoms with Gasteiger partial charge in [-0.2, -0.15) is 4.98 Å². The maximum absolute atomic E-state index is 8.86. The van der Waals surface area contributed by atoms with E-state index in [9.17, 15) is 0 Å². The average Bonchev–Trinajstić information content (AvgIpc) is 2.94. The summed E-state index contributed by atoms with van der Waals surface area (Å²) in [6.07, 6.45) is 3.70. The van der Waals surface area contributed by atoms with Crippen LogP contribution in [0.5, 0.6) is 11.8 Å². The molecular formula is C32H31NO3. The molecule has 3 aromatic carbocycles. The molecule has 0 aliphatic carbocycles. The molecule has 4 nitrogen and oxygen atoms in total. The molecule has 182 valence electrons. The van der Waals surface area contributed by atoms with Gasteiger partial charge in [-0.05, 0) is 47.7 Å². The van der Waals surface area contributed by atoms with Gasteiger partial charge < -0.3 is 14.6 Å². The smallest absolute Gasteiger partial charge is 0.225 e. The number of pyridine rings is 1. The second kappa shape index (κ2) is 13.7. The predicted molar refractivity (Wildman–Crippen MR) is 144 cm³/mol. The zero-order valence-electron chi connectivity index (χ0n) is 20.4. The number of nitrogens with zero attached hydrogens (tertiary/aromatic N) is 1. The highest BCUT2D eigenvalue weighted by atomic mass is 16.5. The lowest BCUT2D eigenvalue weighted by atomic mass is 10.0. The monoisotopic (exact) mass is 477 g/mol. The first kappa shape index (κ1) is 25.0. The van der Waals surface area contributed by atoms with E-state index in [0.717, 1.165) is 53.5 Å². The maximum atomic E-state index is 8.86. The zero-order valence-corrected chi connectivity index (χ0v) is 20.4. The Morgan fingerprint density at radius 3 is 2.00 bits per heavy atom. The van der Waals surface area contributed by atoms with Crippen molar-refractivity contribution >= 4 is 0 Å². The zero-order chi connectivity index (χ0) is 24.8. The molecule has 0 aliphatic rings. The average molecular weight is 478 g/mol. The molecule has 1 N–H and O–H groups in total. The quantitative estimate of drug-likeness (QED) is 0.190. The fourth-order valence-corrected chi connectivity index (χ4v) is 3.69. The molecule has 1 aromatic heterocycles. The molecular weight excluding hydrogens is 446 g/mol. The van der Waals surface area contributed by atoms with Gasteiger partial charge in [-0.3, -0.25) is 0 Å². The summed E-state index contributed by atoms with van der Waals surface area (Å²) in [5.41, 5.74) is 5.05. The first-order chi connectivity index (χ1) is 17.8. The Kier molecular flexibility index (Phi) is 9.55. The summed E-state index contributed by atoms with van der Waals surface area (Å²) in [5, 5.41) is 8.86. The minimum Gasteiger partial charge on any atom is -0.473 e. The second-order valence-corrected chi connectivity index (χ2v) is 8.46. The fourth-order valence-electron chi connectivity index (χ4n) is 3.69. The van der Waals surface area contributed by atoms with E-state index in [1.54, 1.807) is 0 Å². The Morgan fingerprint density at radius 1 is 0.667 bits per heavy atom. The summed E-state index contributed by atoms with van der Waals surface area (Å²) in [5.74, 6) is 7.50. The van der Waals surface area contributed by atoms with Crippen LogP contribution in [0.4, 0.5) is 0 Å². The number of hydrogen-bond acceptors (Lipinski definition) is 4. The third kappa shape index (κ3) is 7.73. The minimum absolute atomic E-state index is 0.251. The topological polar surface area (TPSA) is 51.6 Å². The first-order valence-electron chi connectivity index (χ1n) is 12.4. The van der Waals surface area contributed by atoms with Crippen molar-refractivity contribution in [3.63, 3.8) is 0 Å². The van der Waals surface area contributed by atoms with Crippen molar-refractivity contribution in [3.05, 3.63) is 114 Å². The fraction of sp³-hybridized carbons (Fsp3) is 0.219. The van der Waals surface area contributed by atoms with Gasteiger partial charge >= 0.3 is 0 Å². The predicted octanol–water partition coefficient (Wildman–Crippen LogP) is 6.81. The highest BCUT2D eigenvalue weighted by molar-refractivity contribution is 5.69. The van der Waals surface area contributed by atoms with Gasteiger partial charge in [0, 0.05) is 30.2 Å². The van der Waals surface area contributed by atoms with E-state index in [0.29, 0.717) is 25.0 Å². The lowest BCUT2D eigenvalue weighted by Gasteiger charge is -2.13. The summed E-state index contributed by atoms with van der Waals surface area (Å²) < 4.78 is 12.1. The van der Waals surface area contributed by atoms with E-state index in [4.69, 9.17) is 19.6 Å². The molecule has 1 heterocycles. The highest BCUT2D eigenvalue weighted by Crippen LogP contribution is 2.31. The molecule has 36 heavy (non-hydrogen) atoms. The molecule has 0 fully saturated rings. The van der Waals surface area contributed by atoms with E-state index in [1.807, 2.05) is 97.1 Å². The van der Waals surface area contributed by atoms with Crippen LogP contribution >= 0.6 is 0 Å². The van der Waals surface area contributed by atoms with Gasteiger partial charge in [0.1, 0.15) is 13.2 Å². The van der Waals surface area contributed by atoms with Crippen LogP contribution in [-0.2, 0) is 13.2 Å². The van der Waals surface area contributed by atoms with Gasteiger partial charge in [0.05, 0.1) is 0 Å². The number of ether oxygens (including phenoxy) is 2. The Balaban J connectivity index is 1.49. The summed E-state index contributed by atoms with van der Waals surface area (Å²) in [7, 11) is 0. The van der Waals surface area contributed by atoms with Crippen LogP contribution in [0.15, 0.2) is 97.1 Å². The lowest BCUT2D eigenvalue weighted by Crippen LogP contribution is -2.02. The third-order valence-corrected chi connectivity index (χ3v) is 5.67. The maximum Gasteiger partial charge on any atom is 0.225 e. The van der Waals surface area contributed by atoms with Crippen LogP contribution in [0.3, 0.4) is 0 Å². The summed E-state index contributed by atoms with van der Waals surface area (Å²) in [6, 6.07) is 32.1. The molecule has 0 saturated heterocycles. The molecule has 0 spiro atoms. The molecule has 4 heteroatoms. The first-order valence-corrected chi connectivity index (χ1v) is 12.4. The van der Waals surface area contributed by atoms with Crippen LogP contribution < -0.4 is 9.47 Å². The summed E-state index contributed by atoms with van der Waals surface area (Å²) >= 11 is 0. The minimum atomic E-state index is 0.251. The van der Waals surface area contributed by atoms with Crippen molar-refractivity contribution in [2.24, 2.45) is 0 Å². The van der Waals surface area contributed by atoms with Crippen molar-refractivity contribution in [1.82, 2.24) is 4.98 Å². The Hall–Kier alpha value is -4.07. The van der Waals surface area contributed by atoms with Crippen LogP contribution in [-0.4, -0.2) is 16.7 Å². The van der Waals surface area contributed by atoms with Crippen molar-refractivity contribution < 1.29 is 14.6 Å². The van der Waals surface area contributed by atoms with Crippen LogP contribution in [0, 0.1) is 11.8 Å². The standard InChI is InChI=1S/C32H31NO3/c34-23-11-3-1-2-6-12-26-17-19-29(20-18-26)30-21-22-31(35-24-27-13-7-4-8-14-27)33-32(30)36-25-28-15-9-5-10-16-28/h4-5,7-10,13-22,34H,1-3,11,23-25H2. The molecule has 4 aromatic rings. The second-order valence-electron chi connectivity index (χ2n) is 8.46. The summed E-state index contributed by atoms with van der Waals surface area (Å²) in [6.45, 7) is 1.11. The van der Waals surface area contributed by atoms with Gasteiger partial charge in [0.2, 0.25) is 11.8 Å². The normalized spacial score (nSPS) is 10.4. The van der Waals surface area contributed by atoms with Gasteiger partial charge in [-0.15, -0.1) is 0 Å². The number of hydrogen-bond donors (Lipinski definition) is 1. The van der Waals surface area contributed by atoms with Crippen molar-refractivity contribution in [1.29, 1.82) is 0 Å². The van der Waals surface area contributed by atoms with E-state index < -0.39 is 0 Å². The van der Waals surface area contributed by atoms with Gasteiger partial charge in [0.25, 0.3) is 0 Å². The number of rotatable bonds is 11. The van der Waals surface area contributed by atoms with Crippen LogP contribution in [0.25, 0.3) is 11.1 Å². The molecule has 0 bridgehead atoms. The van der Waals surface area contributed by atoms with E-state index in [2.05, 4.69) is 11.8 Å². The van der Waals surface area contributed by atoms with Gasteiger partial charge in [-0.1, -0.05) is 91.1 Å². The van der Waals surface area contributed by atoms with Crippen LogP contribution in [0.2, 0.25) is 0 Å². The number of aromatic nitrogens is 1. The molecule has 4 rings (SSSR count). The Bertz CT molecular complexity index is 1260. The van der Waals surface area contributed by atoms with Gasteiger partial charge in [0.15, 0.2) is 0 Å². The largest absolute Gasteiger partial charge is 0.473 e. The molecule has 0 amide bonds. The Morgan fingerprint density at radius 2 is 1.33 bits per heavy atom. The van der Waals surface area contributed by atoms with E-state index in [-0.39, 0.29) is 6.61 Å². The van der Waals surface area contributed by atoms with Gasteiger partial charge in [-0.25, -0.2) is 0 Å². The van der Waals surface area contributed by atoms with Crippen LogP contribution in [0.1, 0.15) is 42.4 Å². The molecule has 0 atom stereocenters. The number of unbranched alkanes of at least 4 members (excludes halogenated alkanes) is 3. The van der Waals surface area contributed by atoms with Crippen molar-refractivity contribution in [2.45, 2.75) is 38.9 Å².